The number of aromatic nitrogens is 3. The van der Waals surface area contributed by atoms with Crippen LogP contribution in [-0.4, -0.2) is 39.8 Å². The molecule has 1 aliphatic rings. The fourth-order valence-corrected chi connectivity index (χ4v) is 4.36. The van der Waals surface area contributed by atoms with Crippen LogP contribution >= 0.6 is 11.8 Å². The van der Waals surface area contributed by atoms with E-state index in [1.54, 1.807) is 7.11 Å². The molecule has 0 saturated heterocycles. The van der Waals surface area contributed by atoms with E-state index in [0.717, 1.165) is 28.5 Å². The Morgan fingerprint density at radius 3 is 2.59 bits per heavy atom. The lowest BCUT2D eigenvalue weighted by Gasteiger charge is -2.16. The molecule has 1 atom stereocenters. The fraction of sp³-hybridized carbons (Fsp3) is 0.348. The molecule has 2 aromatic carbocycles. The SMILES string of the molecule is COc1ccc(-c2nnc(SC(C)C(=O)NCc3ccc4c(c3)OCO4)n2C(C)C)cc1. The third-order valence-electron chi connectivity index (χ3n) is 5.08. The van der Waals surface area contributed by atoms with Gasteiger partial charge in [-0.15, -0.1) is 10.2 Å². The quantitative estimate of drug-likeness (QED) is 0.514. The molecule has 1 unspecified atom stereocenters. The first-order chi connectivity index (χ1) is 15.5. The predicted molar refractivity (Wildman–Crippen MR) is 122 cm³/mol. The van der Waals surface area contributed by atoms with Crippen LogP contribution in [0.4, 0.5) is 0 Å². The van der Waals surface area contributed by atoms with Gasteiger partial charge in [0.2, 0.25) is 12.7 Å². The summed E-state index contributed by atoms with van der Waals surface area (Å²) in [5.41, 5.74) is 1.89. The number of methoxy groups -OCH3 is 1. The summed E-state index contributed by atoms with van der Waals surface area (Å²) in [7, 11) is 1.64. The number of ether oxygens (including phenoxy) is 3. The van der Waals surface area contributed by atoms with E-state index in [0.29, 0.717) is 17.5 Å². The third kappa shape index (κ3) is 4.67. The summed E-state index contributed by atoms with van der Waals surface area (Å²) < 4.78 is 18.0. The van der Waals surface area contributed by atoms with Crippen LogP contribution in [0.3, 0.4) is 0 Å². The minimum Gasteiger partial charge on any atom is -0.497 e. The van der Waals surface area contributed by atoms with Crippen molar-refractivity contribution in [2.75, 3.05) is 13.9 Å². The van der Waals surface area contributed by atoms with Crippen LogP contribution in [0.25, 0.3) is 11.4 Å². The lowest BCUT2D eigenvalue weighted by atomic mass is 10.2. The maximum Gasteiger partial charge on any atom is 0.233 e. The van der Waals surface area contributed by atoms with Gasteiger partial charge in [-0.05, 0) is 62.7 Å². The molecule has 2 heterocycles. The van der Waals surface area contributed by atoms with Crippen LogP contribution < -0.4 is 19.5 Å². The van der Waals surface area contributed by atoms with Gasteiger partial charge in [-0.1, -0.05) is 17.8 Å². The first kappa shape index (κ1) is 22.0. The molecule has 3 aromatic rings. The van der Waals surface area contributed by atoms with Gasteiger partial charge in [-0.3, -0.25) is 9.36 Å². The zero-order valence-corrected chi connectivity index (χ0v) is 19.3. The van der Waals surface area contributed by atoms with Crippen LogP contribution in [0.15, 0.2) is 47.6 Å². The first-order valence-electron chi connectivity index (χ1n) is 10.4. The minimum atomic E-state index is -0.338. The van der Waals surface area contributed by atoms with Crippen LogP contribution in [0.5, 0.6) is 17.2 Å². The Labute approximate surface area is 191 Å². The number of benzene rings is 2. The monoisotopic (exact) mass is 454 g/mol. The van der Waals surface area contributed by atoms with E-state index in [9.17, 15) is 4.79 Å². The number of nitrogens with zero attached hydrogens (tertiary/aromatic N) is 3. The van der Waals surface area contributed by atoms with E-state index in [1.165, 1.54) is 11.8 Å². The van der Waals surface area contributed by atoms with Crippen molar-refractivity contribution >= 4 is 17.7 Å². The number of amides is 1. The third-order valence-corrected chi connectivity index (χ3v) is 6.14. The second kappa shape index (κ2) is 9.52. The number of fused-ring (bicyclic) bond motifs is 1. The molecule has 1 aromatic heterocycles. The molecule has 8 nitrogen and oxygen atoms in total. The molecule has 4 rings (SSSR count). The maximum atomic E-state index is 12.7. The number of thioether (sulfide) groups is 1. The molecule has 9 heteroatoms. The van der Waals surface area contributed by atoms with Gasteiger partial charge in [-0.25, -0.2) is 0 Å². The van der Waals surface area contributed by atoms with Crippen molar-refractivity contribution < 1.29 is 19.0 Å². The van der Waals surface area contributed by atoms with Gasteiger partial charge in [0.1, 0.15) is 5.75 Å². The summed E-state index contributed by atoms with van der Waals surface area (Å²) >= 11 is 1.39. The Balaban J connectivity index is 1.43. The minimum absolute atomic E-state index is 0.0722. The number of hydrogen-bond acceptors (Lipinski definition) is 7. The van der Waals surface area contributed by atoms with E-state index in [2.05, 4.69) is 29.4 Å². The summed E-state index contributed by atoms with van der Waals surface area (Å²) in [5, 5.41) is 12.1. The van der Waals surface area contributed by atoms with Crippen molar-refractivity contribution in [1.29, 1.82) is 0 Å². The molecule has 168 valence electrons. The number of rotatable bonds is 8. The van der Waals surface area contributed by atoms with E-state index >= 15 is 0 Å². The molecule has 1 N–H and O–H groups in total. The molecule has 0 bridgehead atoms. The van der Waals surface area contributed by atoms with E-state index in [-0.39, 0.29) is 24.0 Å². The van der Waals surface area contributed by atoms with Crippen LogP contribution in [0.2, 0.25) is 0 Å². The van der Waals surface area contributed by atoms with Crippen LogP contribution in [-0.2, 0) is 11.3 Å². The highest BCUT2D eigenvalue weighted by Gasteiger charge is 2.22. The molecule has 0 saturated carbocycles. The Morgan fingerprint density at radius 1 is 1.12 bits per heavy atom. The number of carbonyl (C=O) groups excluding carboxylic acids is 1. The van der Waals surface area contributed by atoms with E-state index in [1.807, 2.05) is 54.0 Å². The second-order valence-corrected chi connectivity index (χ2v) is 8.97. The van der Waals surface area contributed by atoms with Crippen molar-refractivity contribution in [2.24, 2.45) is 0 Å². The molecule has 32 heavy (non-hydrogen) atoms. The van der Waals surface area contributed by atoms with Gasteiger partial charge in [-0.2, -0.15) is 0 Å². The lowest BCUT2D eigenvalue weighted by Crippen LogP contribution is -2.30. The molecule has 1 aliphatic heterocycles. The molecule has 0 aliphatic carbocycles. The van der Waals surface area contributed by atoms with Gasteiger partial charge >= 0.3 is 0 Å². The fourth-order valence-electron chi connectivity index (χ4n) is 3.36. The summed E-state index contributed by atoms with van der Waals surface area (Å²) in [4.78, 5) is 12.7. The Bertz CT molecular complexity index is 1100. The first-order valence-corrected chi connectivity index (χ1v) is 11.3. The highest BCUT2D eigenvalue weighted by Crippen LogP contribution is 2.33. The molecule has 0 fully saturated rings. The zero-order valence-electron chi connectivity index (χ0n) is 18.5. The largest absolute Gasteiger partial charge is 0.497 e. The number of nitrogens with one attached hydrogen (secondary N) is 1. The Hall–Kier alpha value is -3.20. The topological polar surface area (TPSA) is 87.5 Å². The van der Waals surface area contributed by atoms with Crippen LogP contribution in [0.1, 0.15) is 32.4 Å². The Kier molecular flexibility index (Phi) is 6.55. The van der Waals surface area contributed by atoms with Crippen molar-refractivity contribution in [3.8, 4) is 28.6 Å². The normalized spacial score (nSPS) is 13.3. The van der Waals surface area contributed by atoms with Crippen molar-refractivity contribution in [2.45, 2.75) is 43.8 Å². The maximum absolute atomic E-state index is 12.7. The number of carbonyl (C=O) groups is 1. The average Bonchev–Trinajstić information content (AvgIpc) is 3.44. The summed E-state index contributed by atoms with van der Waals surface area (Å²) in [6.45, 7) is 6.66. The molecular formula is C23H26N4O4S. The molecular weight excluding hydrogens is 428 g/mol. The summed E-state index contributed by atoms with van der Waals surface area (Å²) in [5.74, 6) is 2.90. The standard InChI is InChI=1S/C23H26N4O4S/c1-14(2)27-21(17-6-8-18(29-4)9-7-17)25-26-23(27)32-15(3)22(28)24-12-16-5-10-19-20(11-16)31-13-30-19/h5-11,14-15H,12-13H2,1-4H3,(H,24,28). The predicted octanol–water partition coefficient (Wildman–Crippen LogP) is 4.06. The van der Waals surface area contributed by atoms with Gasteiger partial charge < -0.3 is 19.5 Å². The van der Waals surface area contributed by atoms with E-state index < -0.39 is 0 Å². The smallest absolute Gasteiger partial charge is 0.233 e. The number of hydrogen-bond donors (Lipinski definition) is 1. The summed E-state index contributed by atoms with van der Waals surface area (Å²) in [6, 6.07) is 13.5. The highest BCUT2D eigenvalue weighted by atomic mass is 32.2. The van der Waals surface area contributed by atoms with E-state index in [4.69, 9.17) is 14.2 Å². The van der Waals surface area contributed by atoms with Gasteiger partial charge in [0, 0.05) is 18.2 Å². The zero-order chi connectivity index (χ0) is 22.7. The molecule has 0 radical (unpaired) electrons. The van der Waals surface area contributed by atoms with Gasteiger partial charge in [0.05, 0.1) is 12.4 Å². The summed E-state index contributed by atoms with van der Waals surface area (Å²) in [6.07, 6.45) is 0. The van der Waals surface area contributed by atoms with Gasteiger partial charge in [0.25, 0.3) is 0 Å². The highest BCUT2D eigenvalue weighted by molar-refractivity contribution is 8.00. The van der Waals surface area contributed by atoms with Crippen molar-refractivity contribution in [1.82, 2.24) is 20.1 Å². The van der Waals surface area contributed by atoms with Crippen molar-refractivity contribution in [3.63, 3.8) is 0 Å². The molecule has 0 spiro atoms. The Morgan fingerprint density at radius 2 is 1.88 bits per heavy atom. The lowest BCUT2D eigenvalue weighted by molar-refractivity contribution is -0.120. The second-order valence-electron chi connectivity index (χ2n) is 7.66. The van der Waals surface area contributed by atoms with Gasteiger partial charge in [0.15, 0.2) is 22.5 Å². The average molecular weight is 455 g/mol. The molecule has 1 amide bonds. The van der Waals surface area contributed by atoms with Crippen molar-refractivity contribution in [3.05, 3.63) is 48.0 Å². The van der Waals surface area contributed by atoms with Crippen LogP contribution in [0, 0.1) is 0 Å².